The highest BCUT2D eigenvalue weighted by Crippen LogP contribution is 2.14. The van der Waals surface area contributed by atoms with Gasteiger partial charge >= 0.3 is 0 Å². The third-order valence-electron chi connectivity index (χ3n) is 3.43. The Kier molecular flexibility index (Phi) is 5.33. The summed E-state index contributed by atoms with van der Waals surface area (Å²) in [6.45, 7) is 2.85. The second-order valence-electron chi connectivity index (χ2n) is 5.19. The van der Waals surface area contributed by atoms with Crippen LogP contribution in [0.15, 0.2) is 29.2 Å². The van der Waals surface area contributed by atoms with Crippen molar-refractivity contribution in [1.82, 2.24) is 10.0 Å². The molecule has 0 saturated carbocycles. The SMILES string of the molecule is CC(=O)Nc1ccc(S(=O)(=O)NCCC2CCCN2)cc1. The molecule has 1 amide bonds. The average molecular weight is 311 g/mol. The first-order chi connectivity index (χ1) is 9.97. The fourth-order valence-corrected chi connectivity index (χ4v) is 3.42. The van der Waals surface area contributed by atoms with E-state index in [4.69, 9.17) is 0 Å². The average Bonchev–Trinajstić information content (AvgIpc) is 2.91. The van der Waals surface area contributed by atoms with Crippen LogP contribution in [-0.4, -0.2) is 33.5 Å². The Morgan fingerprint density at radius 3 is 2.62 bits per heavy atom. The van der Waals surface area contributed by atoms with Gasteiger partial charge in [-0.15, -0.1) is 0 Å². The lowest BCUT2D eigenvalue weighted by molar-refractivity contribution is -0.114. The second-order valence-corrected chi connectivity index (χ2v) is 6.95. The second kappa shape index (κ2) is 7.02. The van der Waals surface area contributed by atoms with Crippen molar-refractivity contribution in [2.45, 2.75) is 37.1 Å². The lowest BCUT2D eigenvalue weighted by atomic mass is 10.2. The maximum Gasteiger partial charge on any atom is 0.240 e. The molecule has 0 aromatic heterocycles. The van der Waals surface area contributed by atoms with Crippen molar-refractivity contribution >= 4 is 21.6 Å². The molecule has 1 aromatic carbocycles. The highest BCUT2D eigenvalue weighted by molar-refractivity contribution is 7.89. The van der Waals surface area contributed by atoms with Crippen LogP contribution in [0.2, 0.25) is 0 Å². The maximum atomic E-state index is 12.1. The number of nitrogens with one attached hydrogen (secondary N) is 3. The van der Waals surface area contributed by atoms with Crippen LogP contribution in [0.3, 0.4) is 0 Å². The third kappa shape index (κ3) is 4.80. The van der Waals surface area contributed by atoms with Gasteiger partial charge in [0.1, 0.15) is 0 Å². The van der Waals surface area contributed by atoms with E-state index in [0.29, 0.717) is 18.3 Å². The number of hydrogen-bond donors (Lipinski definition) is 3. The monoisotopic (exact) mass is 311 g/mol. The van der Waals surface area contributed by atoms with E-state index in [1.54, 1.807) is 12.1 Å². The zero-order valence-electron chi connectivity index (χ0n) is 12.1. The topological polar surface area (TPSA) is 87.3 Å². The van der Waals surface area contributed by atoms with Crippen molar-refractivity contribution in [3.8, 4) is 0 Å². The van der Waals surface area contributed by atoms with Crippen LogP contribution in [0.4, 0.5) is 5.69 Å². The highest BCUT2D eigenvalue weighted by atomic mass is 32.2. The van der Waals surface area contributed by atoms with Gasteiger partial charge in [-0.3, -0.25) is 4.79 Å². The van der Waals surface area contributed by atoms with E-state index in [1.807, 2.05) is 0 Å². The van der Waals surface area contributed by atoms with E-state index in [2.05, 4.69) is 15.4 Å². The van der Waals surface area contributed by atoms with E-state index >= 15 is 0 Å². The lowest BCUT2D eigenvalue weighted by Crippen LogP contribution is -2.30. The van der Waals surface area contributed by atoms with Crippen LogP contribution in [0.25, 0.3) is 0 Å². The van der Waals surface area contributed by atoms with Crippen LogP contribution in [0.5, 0.6) is 0 Å². The van der Waals surface area contributed by atoms with E-state index in [0.717, 1.165) is 25.8 Å². The number of anilines is 1. The van der Waals surface area contributed by atoms with Crippen molar-refractivity contribution in [1.29, 1.82) is 0 Å². The first-order valence-electron chi connectivity index (χ1n) is 7.08. The van der Waals surface area contributed by atoms with Gasteiger partial charge in [0.15, 0.2) is 0 Å². The minimum Gasteiger partial charge on any atom is -0.326 e. The molecular weight excluding hydrogens is 290 g/mol. The Balaban J connectivity index is 1.90. The first-order valence-corrected chi connectivity index (χ1v) is 8.56. The van der Waals surface area contributed by atoms with Crippen molar-refractivity contribution in [3.63, 3.8) is 0 Å². The van der Waals surface area contributed by atoms with Crippen molar-refractivity contribution in [3.05, 3.63) is 24.3 Å². The van der Waals surface area contributed by atoms with Gasteiger partial charge in [0.25, 0.3) is 0 Å². The summed E-state index contributed by atoms with van der Waals surface area (Å²) < 4.78 is 26.8. The van der Waals surface area contributed by atoms with Crippen LogP contribution >= 0.6 is 0 Å². The molecule has 7 heteroatoms. The van der Waals surface area contributed by atoms with E-state index in [-0.39, 0.29) is 10.8 Å². The van der Waals surface area contributed by atoms with E-state index in [9.17, 15) is 13.2 Å². The summed E-state index contributed by atoms with van der Waals surface area (Å²) in [4.78, 5) is 11.1. The van der Waals surface area contributed by atoms with Gasteiger partial charge in [-0.1, -0.05) is 0 Å². The molecule has 1 atom stereocenters. The molecule has 0 radical (unpaired) electrons. The van der Waals surface area contributed by atoms with Gasteiger partial charge in [0.05, 0.1) is 4.90 Å². The number of amides is 1. The minimum absolute atomic E-state index is 0.187. The van der Waals surface area contributed by atoms with Crippen LogP contribution in [0.1, 0.15) is 26.2 Å². The number of benzene rings is 1. The molecule has 1 unspecified atom stereocenters. The number of hydrogen-bond acceptors (Lipinski definition) is 4. The molecule has 1 aromatic rings. The molecule has 0 aliphatic carbocycles. The van der Waals surface area contributed by atoms with Gasteiger partial charge in [-0.25, -0.2) is 13.1 Å². The summed E-state index contributed by atoms with van der Waals surface area (Å²) >= 11 is 0. The maximum absolute atomic E-state index is 12.1. The van der Waals surface area contributed by atoms with E-state index in [1.165, 1.54) is 19.1 Å². The lowest BCUT2D eigenvalue weighted by Gasteiger charge is -2.11. The summed E-state index contributed by atoms with van der Waals surface area (Å²) in [7, 11) is -3.49. The quantitative estimate of drug-likeness (QED) is 0.733. The molecule has 21 heavy (non-hydrogen) atoms. The Labute approximate surface area is 125 Å². The minimum atomic E-state index is -3.49. The fourth-order valence-electron chi connectivity index (χ4n) is 2.37. The van der Waals surface area contributed by atoms with Gasteiger partial charge in [0.2, 0.25) is 15.9 Å². The standard InChI is InChI=1S/C14H21N3O3S/c1-11(18)17-13-4-6-14(7-5-13)21(19,20)16-10-8-12-3-2-9-15-12/h4-7,12,15-16H,2-3,8-10H2,1H3,(H,17,18). The van der Waals surface area contributed by atoms with Gasteiger partial charge in [-0.2, -0.15) is 0 Å². The summed E-state index contributed by atoms with van der Waals surface area (Å²) in [5.74, 6) is -0.187. The molecule has 116 valence electrons. The summed E-state index contributed by atoms with van der Waals surface area (Å²) in [6.07, 6.45) is 3.05. The van der Waals surface area contributed by atoms with Crippen LogP contribution < -0.4 is 15.4 Å². The summed E-state index contributed by atoms with van der Waals surface area (Å²) in [6, 6.07) is 6.54. The smallest absolute Gasteiger partial charge is 0.240 e. The van der Waals surface area contributed by atoms with Crippen molar-refractivity contribution in [2.24, 2.45) is 0 Å². The zero-order chi connectivity index (χ0) is 15.3. The third-order valence-corrected chi connectivity index (χ3v) is 4.91. The molecule has 1 heterocycles. The molecule has 1 aliphatic rings. The first kappa shape index (κ1) is 15.9. The number of carbonyl (C=O) groups excluding carboxylic acids is 1. The Bertz CT molecular complexity index is 578. The molecule has 1 aliphatic heterocycles. The number of rotatable bonds is 6. The normalized spacial score (nSPS) is 18.6. The fraction of sp³-hybridized carbons (Fsp3) is 0.500. The zero-order valence-corrected chi connectivity index (χ0v) is 12.9. The number of carbonyl (C=O) groups is 1. The number of sulfonamides is 1. The molecule has 0 bridgehead atoms. The predicted molar refractivity (Wildman–Crippen MR) is 81.6 cm³/mol. The molecule has 1 fully saturated rings. The van der Waals surface area contributed by atoms with Gasteiger partial charge in [-0.05, 0) is 50.1 Å². The molecule has 0 spiro atoms. The van der Waals surface area contributed by atoms with E-state index < -0.39 is 10.0 Å². The Hall–Kier alpha value is -1.44. The van der Waals surface area contributed by atoms with Gasteiger partial charge < -0.3 is 10.6 Å². The Morgan fingerprint density at radius 1 is 1.33 bits per heavy atom. The predicted octanol–water partition coefficient (Wildman–Crippen LogP) is 1.07. The molecule has 3 N–H and O–H groups in total. The molecule has 6 nitrogen and oxygen atoms in total. The molecule has 2 rings (SSSR count). The highest BCUT2D eigenvalue weighted by Gasteiger charge is 2.17. The van der Waals surface area contributed by atoms with Crippen molar-refractivity contribution < 1.29 is 13.2 Å². The molecular formula is C14H21N3O3S. The largest absolute Gasteiger partial charge is 0.326 e. The molecule has 1 saturated heterocycles. The van der Waals surface area contributed by atoms with Gasteiger partial charge in [0, 0.05) is 25.2 Å². The summed E-state index contributed by atoms with van der Waals surface area (Å²) in [5.41, 5.74) is 0.580. The Morgan fingerprint density at radius 2 is 2.05 bits per heavy atom. The van der Waals surface area contributed by atoms with Crippen LogP contribution in [0, 0.1) is 0 Å². The summed E-state index contributed by atoms with van der Waals surface area (Å²) in [5, 5.41) is 5.93. The van der Waals surface area contributed by atoms with Crippen molar-refractivity contribution in [2.75, 3.05) is 18.4 Å². The van der Waals surface area contributed by atoms with Crippen LogP contribution in [-0.2, 0) is 14.8 Å².